The topological polar surface area (TPSA) is 74.8 Å². The molecule has 7 heteroatoms. The van der Waals surface area contributed by atoms with E-state index in [0.717, 1.165) is 36.5 Å². The summed E-state index contributed by atoms with van der Waals surface area (Å²) < 4.78 is 5.44. The van der Waals surface area contributed by atoms with Gasteiger partial charge in [-0.1, -0.05) is 12.1 Å². The molecule has 6 nitrogen and oxygen atoms in total. The van der Waals surface area contributed by atoms with E-state index in [2.05, 4.69) is 46.9 Å². The molecule has 1 aromatic heterocycles. The molecule has 3 N–H and O–H groups in total. The first kappa shape index (κ1) is 21.3. The van der Waals surface area contributed by atoms with E-state index in [1.165, 1.54) is 9.75 Å². The normalized spacial score (nSPS) is 17.8. The maximum absolute atomic E-state index is 12.2. The lowest BCUT2D eigenvalue weighted by Crippen LogP contribution is -2.42. The number of ether oxygens (including phenoxy) is 1. The number of carbonyl (C=O) groups is 1. The number of guanidine groups is 1. The summed E-state index contributed by atoms with van der Waals surface area (Å²) >= 11 is 1.83. The smallest absolute Gasteiger partial charge is 0.253 e. The lowest BCUT2D eigenvalue weighted by Gasteiger charge is -2.18. The van der Waals surface area contributed by atoms with Gasteiger partial charge < -0.3 is 20.7 Å². The van der Waals surface area contributed by atoms with Gasteiger partial charge in [0, 0.05) is 48.1 Å². The summed E-state index contributed by atoms with van der Waals surface area (Å²) in [5.41, 5.74) is 1.86. The molecule has 156 valence electrons. The van der Waals surface area contributed by atoms with Gasteiger partial charge in [-0.3, -0.25) is 9.79 Å². The molecule has 2 heterocycles. The van der Waals surface area contributed by atoms with Crippen molar-refractivity contribution in [2.24, 2.45) is 4.99 Å². The zero-order valence-corrected chi connectivity index (χ0v) is 18.1. The van der Waals surface area contributed by atoms with Gasteiger partial charge in [0.1, 0.15) is 6.10 Å². The number of amides is 1. The van der Waals surface area contributed by atoms with Crippen LogP contribution in [0.2, 0.25) is 0 Å². The monoisotopic (exact) mass is 414 g/mol. The van der Waals surface area contributed by atoms with E-state index in [1.54, 1.807) is 7.05 Å². The lowest BCUT2D eigenvalue weighted by atomic mass is 10.2. The molecule has 1 aliphatic heterocycles. The second-order valence-corrected chi connectivity index (χ2v) is 8.75. The van der Waals surface area contributed by atoms with Gasteiger partial charge in [0.25, 0.3) is 5.91 Å². The molecular weight excluding hydrogens is 384 g/mol. The van der Waals surface area contributed by atoms with Crippen molar-refractivity contribution in [3.05, 3.63) is 51.7 Å². The first-order chi connectivity index (χ1) is 14.0. The molecule has 0 aliphatic carbocycles. The third-order valence-corrected chi connectivity index (χ3v) is 5.81. The van der Waals surface area contributed by atoms with Crippen molar-refractivity contribution < 1.29 is 9.53 Å². The lowest BCUT2D eigenvalue weighted by molar-refractivity contribution is -0.124. The maximum Gasteiger partial charge on any atom is 0.253 e. The number of rotatable bonds is 7. The Bertz CT molecular complexity index is 843. The van der Waals surface area contributed by atoms with Gasteiger partial charge in [-0.05, 0) is 56.5 Å². The maximum atomic E-state index is 12.2. The molecule has 0 bridgehead atoms. The van der Waals surface area contributed by atoms with Crippen LogP contribution in [-0.2, 0) is 22.5 Å². The molecule has 2 aromatic rings. The minimum absolute atomic E-state index is 0.0669. The number of hydrogen-bond acceptors (Lipinski definition) is 4. The van der Waals surface area contributed by atoms with Crippen molar-refractivity contribution in [1.29, 1.82) is 0 Å². The SMILES string of the molecule is CN=C(NCc1cccc(NC(=O)C2CCCO2)c1)NC(C)Cc1ccc(C)s1. The highest BCUT2D eigenvalue weighted by Crippen LogP contribution is 2.17. The van der Waals surface area contributed by atoms with Crippen molar-refractivity contribution in [2.45, 2.75) is 51.8 Å². The molecule has 2 atom stereocenters. The molecule has 1 aliphatic rings. The third kappa shape index (κ3) is 6.58. The Morgan fingerprint density at radius 3 is 2.90 bits per heavy atom. The van der Waals surface area contributed by atoms with Crippen LogP contribution < -0.4 is 16.0 Å². The number of nitrogens with one attached hydrogen (secondary N) is 3. The number of nitrogens with zero attached hydrogens (tertiary/aromatic N) is 1. The molecule has 0 spiro atoms. The van der Waals surface area contributed by atoms with Crippen LogP contribution in [0.4, 0.5) is 5.69 Å². The van der Waals surface area contributed by atoms with Crippen molar-refractivity contribution in [1.82, 2.24) is 10.6 Å². The van der Waals surface area contributed by atoms with Crippen LogP contribution >= 0.6 is 11.3 Å². The summed E-state index contributed by atoms with van der Waals surface area (Å²) in [4.78, 5) is 19.3. The standard InChI is InChI=1S/C22H30N4O2S/c1-15(12-19-10-9-16(2)29-19)25-22(23-3)24-14-17-6-4-7-18(13-17)26-21(27)20-8-5-11-28-20/h4,6-7,9-10,13,15,20H,5,8,11-12,14H2,1-3H3,(H,26,27)(H2,23,24,25). The largest absolute Gasteiger partial charge is 0.368 e. The summed E-state index contributed by atoms with van der Waals surface area (Å²) in [7, 11) is 1.77. The Morgan fingerprint density at radius 2 is 2.21 bits per heavy atom. The highest BCUT2D eigenvalue weighted by atomic mass is 32.1. The molecule has 3 rings (SSSR count). The van der Waals surface area contributed by atoms with Crippen LogP contribution in [0.15, 0.2) is 41.4 Å². The predicted octanol–water partition coefficient (Wildman–Crippen LogP) is 3.47. The Labute approximate surface area is 176 Å². The van der Waals surface area contributed by atoms with E-state index in [9.17, 15) is 4.79 Å². The van der Waals surface area contributed by atoms with E-state index in [-0.39, 0.29) is 18.1 Å². The zero-order chi connectivity index (χ0) is 20.6. The first-order valence-electron chi connectivity index (χ1n) is 10.1. The molecule has 1 fully saturated rings. The van der Waals surface area contributed by atoms with Gasteiger partial charge in [0.15, 0.2) is 5.96 Å². The quantitative estimate of drug-likeness (QED) is 0.479. The summed E-state index contributed by atoms with van der Waals surface area (Å²) in [6, 6.07) is 12.5. The second kappa shape index (κ2) is 10.4. The number of carbonyl (C=O) groups excluding carboxylic acids is 1. The highest BCUT2D eigenvalue weighted by Gasteiger charge is 2.23. The van der Waals surface area contributed by atoms with Crippen molar-refractivity contribution in [3.63, 3.8) is 0 Å². The van der Waals surface area contributed by atoms with Crippen LogP contribution in [0, 0.1) is 6.92 Å². The first-order valence-corrected chi connectivity index (χ1v) is 10.9. The predicted molar refractivity (Wildman–Crippen MR) is 120 cm³/mol. The number of hydrogen-bond donors (Lipinski definition) is 3. The Hall–Kier alpha value is -2.38. The Kier molecular flexibility index (Phi) is 7.66. The van der Waals surface area contributed by atoms with Gasteiger partial charge >= 0.3 is 0 Å². The van der Waals surface area contributed by atoms with Crippen molar-refractivity contribution in [3.8, 4) is 0 Å². The summed E-state index contributed by atoms with van der Waals surface area (Å²) in [6.07, 6.45) is 2.37. The van der Waals surface area contributed by atoms with Gasteiger partial charge in [0.2, 0.25) is 0 Å². The molecule has 1 amide bonds. The van der Waals surface area contributed by atoms with Crippen molar-refractivity contribution in [2.75, 3.05) is 19.0 Å². The van der Waals surface area contributed by atoms with Crippen LogP contribution in [0.1, 0.15) is 35.1 Å². The van der Waals surface area contributed by atoms with Gasteiger partial charge in [0.05, 0.1) is 0 Å². The molecular formula is C22H30N4O2S. The number of aryl methyl sites for hydroxylation is 1. The summed E-state index contributed by atoms with van der Waals surface area (Å²) in [6.45, 7) is 5.57. The fourth-order valence-electron chi connectivity index (χ4n) is 3.33. The van der Waals surface area contributed by atoms with E-state index in [4.69, 9.17) is 4.74 Å². The van der Waals surface area contributed by atoms with Crippen molar-refractivity contribution >= 4 is 28.9 Å². The van der Waals surface area contributed by atoms with E-state index in [1.807, 2.05) is 35.6 Å². The molecule has 2 unspecified atom stereocenters. The molecule has 1 saturated heterocycles. The third-order valence-electron chi connectivity index (χ3n) is 4.79. The average molecular weight is 415 g/mol. The zero-order valence-electron chi connectivity index (χ0n) is 17.3. The van der Waals surface area contributed by atoms with E-state index in [0.29, 0.717) is 13.2 Å². The highest BCUT2D eigenvalue weighted by molar-refractivity contribution is 7.11. The molecule has 29 heavy (non-hydrogen) atoms. The van der Waals surface area contributed by atoms with E-state index < -0.39 is 0 Å². The number of benzene rings is 1. The van der Waals surface area contributed by atoms with Gasteiger partial charge in [-0.25, -0.2) is 0 Å². The summed E-state index contributed by atoms with van der Waals surface area (Å²) in [5.74, 6) is 0.697. The average Bonchev–Trinajstić information content (AvgIpc) is 3.37. The van der Waals surface area contributed by atoms with Crippen LogP contribution in [0.5, 0.6) is 0 Å². The fraction of sp³-hybridized carbons (Fsp3) is 0.455. The minimum Gasteiger partial charge on any atom is -0.368 e. The molecule has 0 saturated carbocycles. The Morgan fingerprint density at radius 1 is 1.34 bits per heavy atom. The minimum atomic E-state index is -0.326. The molecule has 0 radical (unpaired) electrons. The second-order valence-electron chi connectivity index (χ2n) is 7.38. The fourth-order valence-corrected chi connectivity index (χ4v) is 4.35. The Balaban J connectivity index is 1.49. The number of aliphatic imine (C=N–C) groups is 1. The molecule has 1 aromatic carbocycles. The van der Waals surface area contributed by atoms with E-state index >= 15 is 0 Å². The van der Waals surface area contributed by atoms with Crippen LogP contribution in [0.3, 0.4) is 0 Å². The number of anilines is 1. The van der Waals surface area contributed by atoms with Gasteiger partial charge in [-0.2, -0.15) is 0 Å². The van der Waals surface area contributed by atoms with Gasteiger partial charge in [-0.15, -0.1) is 11.3 Å². The summed E-state index contributed by atoms with van der Waals surface area (Å²) in [5, 5.41) is 9.74. The van der Waals surface area contributed by atoms with Crippen LogP contribution in [0.25, 0.3) is 0 Å². The van der Waals surface area contributed by atoms with Crippen LogP contribution in [-0.4, -0.2) is 37.7 Å². The number of thiophene rings is 1.